The van der Waals surface area contributed by atoms with Gasteiger partial charge in [-0.05, 0) is 61.9 Å². The number of hydrogen-bond acceptors (Lipinski definition) is 3. The van der Waals surface area contributed by atoms with E-state index in [0.717, 1.165) is 6.42 Å². The second-order valence-corrected chi connectivity index (χ2v) is 5.71. The molecule has 0 heterocycles. The average molecular weight is 347 g/mol. The molecule has 6 heteroatoms. The summed E-state index contributed by atoms with van der Waals surface area (Å²) in [6, 6.07) is 13.1. The van der Waals surface area contributed by atoms with Gasteiger partial charge in [-0.15, -0.1) is 0 Å². The van der Waals surface area contributed by atoms with Gasteiger partial charge in [0.15, 0.2) is 0 Å². The highest BCUT2D eigenvalue weighted by molar-refractivity contribution is 6.30. The van der Waals surface area contributed by atoms with Gasteiger partial charge in [0.2, 0.25) is 0 Å². The number of halogens is 1. The van der Waals surface area contributed by atoms with Crippen molar-refractivity contribution in [3.05, 3.63) is 64.7 Å². The van der Waals surface area contributed by atoms with Gasteiger partial charge >= 0.3 is 0 Å². The highest BCUT2D eigenvalue weighted by Crippen LogP contribution is 2.15. The quantitative estimate of drug-likeness (QED) is 0.813. The van der Waals surface area contributed by atoms with Crippen molar-refractivity contribution in [2.24, 2.45) is 0 Å². The molecule has 0 unspecified atom stereocenters. The van der Waals surface area contributed by atoms with E-state index in [1.165, 1.54) is 0 Å². The summed E-state index contributed by atoms with van der Waals surface area (Å²) in [5.74, 6) is -0.129. The molecule has 2 aromatic rings. The zero-order chi connectivity index (χ0) is 17.5. The maximum Gasteiger partial charge on any atom is 0.269 e. The van der Waals surface area contributed by atoms with Crippen molar-refractivity contribution < 1.29 is 14.3 Å². The van der Waals surface area contributed by atoms with Crippen LogP contribution < -0.4 is 15.6 Å². The molecule has 24 heavy (non-hydrogen) atoms. The van der Waals surface area contributed by atoms with Crippen LogP contribution in [-0.4, -0.2) is 17.9 Å². The Morgan fingerprint density at radius 3 is 1.88 bits per heavy atom. The molecular formula is C18H19ClN2O3. The Bertz CT molecular complexity index is 699. The Labute approximate surface area is 145 Å². The summed E-state index contributed by atoms with van der Waals surface area (Å²) in [5, 5.41) is 0.537. The number of carbonyl (C=O) groups is 2. The molecule has 0 aliphatic rings. The Morgan fingerprint density at radius 2 is 1.42 bits per heavy atom. The number of ether oxygens (including phenoxy) is 1. The van der Waals surface area contributed by atoms with E-state index >= 15 is 0 Å². The molecule has 0 radical (unpaired) electrons. The fourth-order valence-electron chi connectivity index (χ4n) is 1.86. The summed E-state index contributed by atoms with van der Waals surface area (Å²) in [6.07, 6.45) is 1.02. The van der Waals surface area contributed by atoms with Gasteiger partial charge in [-0.3, -0.25) is 20.4 Å². The lowest BCUT2D eigenvalue weighted by Gasteiger charge is -2.13. The van der Waals surface area contributed by atoms with Crippen LogP contribution in [0.4, 0.5) is 0 Å². The van der Waals surface area contributed by atoms with Gasteiger partial charge in [-0.1, -0.05) is 18.5 Å². The van der Waals surface area contributed by atoms with Gasteiger partial charge < -0.3 is 4.74 Å². The molecule has 0 saturated heterocycles. The number of amides is 2. The zero-order valence-electron chi connectivity index (χ0n) is 13.5. The number of rotatable bonds is 5. The van der Waals surface area contributed by atoms with Gasteiger partial charge in [-0.2, -0.15) is 0 Å². The number of hydrazine groups is 1. The number of nitrogens with one attached hydrogen (secondary N) is 2. The first-order chi connectivity index (χ1) is 11.5. The minimum atomic E-state index is -0.420. The molecule has 5 nitrogen and oxygen atoms in total. The molecular weight excluding hydrogens is 328 g/mol. The summed E-state index contributed by atoms with van der Waals surface area (Å²) < 4.78 is 5.65. The van der Waals surface area contributed by atoms with E-state index in [4.69, 9.17) is 16.3 Å². The lowest BCUT2D eigenvalue weighted by molar-refractivity contribution is 0.0846. The van der Waals surface area contributed by atoms with Crippen LogP contribution in [0.1, 0.15) is 41.0 Å². The van der Waals surface area contributed by atoms with E-state index in [1.807, 2.05) is 13.8 Å². The zero-order valence-corrected chi connectivity index (χ0v) is 14.3. The van der Waals surface area contributed by atoms with Crippen LogP contribution in [0.25, 0.3) is 0 Å². The summed E-state index contributed by atoms with van der Waals surface area (Å²) in [7, 11) is 0. The molecule has 0 aliphatic heterocycles. The minimum Gasteiger partial charge on any atom is -0.491 e. The predicted octanol–water partition coefficient (Wildman–Crippen LogP) is 3.59. The lowest BCUT2D eigenvalue weighted by atomic mass is 10.2. The summed E-state index contributed by atoms with van der Waals surface area (Å²) in [6.45, 7) is 4.02. The fourth-order valence-corrected chi connectivity index (χ4v) is 1.99. The first-order valence-electron chi connectivity index (χ1n) is 7.62. The minimum absolute atomic E-state index is 0.114. The van der Waals surface area contributed by atoms with Crippen LogP contribution in [0.2, 0.25) is 5.02 Å². The Balaban J connectivity index is 1.90. The molecule has 0 fully saturated rings. The Kier molecular flexibility index (Phi) is 6.21. The summed E-state index contributed by atoms with van der Waals surface area (Å²) in [5.41, 5.74) is 5.55. The summed E-state index contributed by atoms with van der Waals surface area (Å²) in [4.78, 5) is 23.9. The van der Waals surface area contributed by atoms with Crippen LogP contribution in [0.3, 0.4) is 0 Å². The van der Waals surface area contributed by atoms with Crippen LogP contribution in [0, 0.1) is 0 Å². The van der Waals surface area contributed by atoms with E-state index in [-0.39, 0.29) is 6.10 Å². The molecule has 0 bridgehead atoms. The van der Waals surface area contributed by atoms with E-state index in [0.29, 0.717) is 21.9 Å². The second-order valence-electron chi connectivity index (χ2n) is 5.28. The first kappa shape index (κ1) is 17.8. The Hall–Kier alpha value is -2.53. The van der Waals surface area contributed by atoms with Crippen LogP contribution in [0.5, 0.6) is 5.75 Å². The molecule has 0 saturated carbocycles. The van der Waals surface area contributed by atoms with Gasteiger partial charge in [0, 0.05) is 16.1 Å². The highest BCUT2D eigenvalue weighted by Gasteiger charge is 2.09. The number of hydrogen-bond donors (Lipinski definition) is 2. The maximum atomic E-state index is 12.0. The van der Waals surface area contributed by atoms with Crippen molar-refractivity contribution >= 4 is 23.4 Å². The fraction of sp³-hybridized carbons (Fsp3) is 0.222. The summed E-state index contributed by atoms with van der Waals surface area (Å²) >= 11 is 5.77. The van der Waals surface area contributed by atoms with Crippen molar-refractivity contribution in [3.63, 3.8) is 0 Å². The van der Waals surface area contributed by atoms with E-state index in [2.05, 4.69) is 10.9 Å². The van der Waals surface area contributed by atoms with Gasteiger partial charge in [0.1, 0.15) is 5.75 Å². The molecule has 1 atom stereocenters. The molecule has 2 aromatic carbocycles. The van der Waals surface area contributed by atoms with Crippen molar-refractivity contribution in [2.75, 3.05) is 0 Å². The topological polar surface area (TPSA) is 67.4 Å². The molecule has 0 spiro atoms. The van der Waals surface area contributed by atoms with Gasteiger partial charge in [0.05, 0.1) is 6.10 Å². The van der Waals surface area contributed by atoms with Crippen LogP contribution in [0.15, 0.2) is 48.5 Å². The average Bonchev–Trinajstić information content (AvgIpc) is 2.60. The molecule has 0 aromatic heterocycles. The molecule has 2 amide bonds. The predicted molar refractivity (Wildman–Crippen MR) is 93.2 cm³/mol. The van der Waals surface area contributed by atoms with Crippen LogP contribution >= 0.6 is 11.6 Å². The standard InChI is InChI=1S/C18H19ClN2O3/c1-3-12(2)24-16-10-6-14(7-11-16)18(23)21-20-17(22)13-4-8-15(19)9-5-13/h4-12H,3H2,1-2H3,(H,20,22)(H,21,23)/t12-/m1/s1. The monoisotopic (exact) mass is 346 g/mol. The largest absolute Gasteiger partial charge is 0.491 e. The van der Waals surface area contributed by atoms with Crippen molar-refractivity contribution in [1.29, 1.82) is 0 Å². The third kappa shape index (κ3) is 4.99. The Morgan fingerprint density at radius 1 is 0.958 bits per heavy atom. The number of carbonyl (C=O) groups excluding carboxylic acids is 2. The highest BCUT2D eigenvalue weighted by atomic mass is 35.5. The molecule has 0 aliphatic carbocycles. The van der Waals surface area contributed by atoms with Gasteiger partial charge in [0.25, 0.3) is 11.8 Å². The van der Waals surface area contributed by atoms with Crippen LogP contribution in [-0.2, 0) is 0 Å². The van der Waals surface area contributed by atoms with E-state index in [1.54, 1.807) is 48.5 Å². The second kappa shape index (κ2) is 8.36. The normalized spacial score (nSPS) is 11.5. The van der Waals surface area contributed by atoms with Crippen molar-refractivity contribution in [3.8, 4) is 5.75 Å². The smallest absolute Gasteiger partial charge is 0.269 e. The maximum absolute atomic E-state index is 12.0. The lowest BCUT2D eigenvalue weighted by Crippen LogP contribution is -2.41. The van der Waals surface area contributed by atoms with Crippen molar-refractivity contribution in [1.82, 2.24) is 10.9 Å². The third-order valence-corrected chi connectivity index (χ3v) is 3.68. The van der Waals surface area contributed by atoms with E-state index < -0.39 is 11.8 Å². The SMILES string of the molecule is CC[C@@H](C)Oc1ccc(C(=O)NNC(=O)c2ccc(Cl)cc2)cc1. The van der Waals surface area contributed by atoms with Gasteiger partial charge in [-0.25, -0.2) is 0 Å². The molecule has 2 N–H and O–H groups in total. The molecule has 126 valence electrons. The van der Waals surface area contributed by atoms with E-state index in [9.17, 15) is 9.59 Å². The number of benzene rings is 2. The first-order valence-corrected chi connectivity index (χ1v) is 8.00. The van der Waals surface area contributed by atoms with Crippen molar-refractivity contribution in [2.45, 2.75) is 26.4 Å². The molecule has 2 rings (SSSR count). The third-order valence-electron chi connectivity index (χ3n) is 3.42.